The molecule has 0 saturated carbocycles. The Morgan fingerprint density at radius 1 is 1.17 bits per heavy atom. The maximum Gasteiger partial charge on any atom is 0.124 e. The minimum absolute atomic E-state index is 0.620. The van der Waals surface area contributed by atoms with E-state index in [0.29, 0.717) is 0 Å². The third-order valence-corrected chi connectivity index (χ3v) is 3.27. The zero-order valence-corrected chi connectivity index (χ0v) is 11.0. The topological polar surface area (TPSA) is 48.1 Å². The number of aryl methyl sites for hydroxylation is 1. The van der Waals surface area contributed by atoms with E-state index in [4.69, 9.17) is 10.5 Å². The van der Waals surface area contributed by atoms with Crippen LogP contribution in [0.2, 0.25) is 0 Å². The molecule has 0 aliphatic rings. The van der Waals surface area contributed by atoms with E-state index in [9.17, 15) is 0 Å². The fourth-order valence-corrected chi connectivity index (χ4v) is 2.23. The average molecular weight is 242 g/mol. The summed E-state index contributed by atoms with van der Waals surface area (Å²) >= 11 is 0. The number of nitrogens with two attached hydrogens (primary N) is 1. The zero-order chi connectivity index (χ0) is 13.2. The standard InChI is InChI=1S/C15H18N2O/c1-11-8-9-17-10-13(11)15(2,16)12-6-4-5-7-14(12)18-3/h4-10H,16H2,1-3H3. The summed E-state index contributed by atoms with van der Waals surface area (Å²) in [6.07, 6.45) is 3.60. The maximum absolute atomic E-state index is 6.52. The van der Waals surface area contributed by atoms with Gasteiger partial charge in [-0.15, -0.1) is 0 Å². The average Bonchev–Trinajstić information content (AvgIpc) is 2.39. The first-order chi connectivity index (χ1) is 8.57. The molecule has 0 bridgehead atoms. The Morgan fingerprint density at radius 3 is 2.56 bits per heavy atom. The molecule has 0 aliphatic carbocycles. The molecular formula is C15H18N2O. The van der Waals surface area contributed by atoms with E-state index < -0.39 is 5.54 Å². The monoisotopic (exact) mass is 242 g/mol. The number of hydrogen-bond donors (Lipinski definition) is 1. The highest BCUT2D eigenvalue weighted by atomic mass is 16.5. The van der Waals surface area contributed by atoms with Crippen LogP contribution in [0, 0.1) is 6.92 Å². The van der Waals surface area contributed by atoms with Crippen LogP contribution < -0.4 is 10.5 Å². The Kier molecular flexibility index (Phi) is 3.34. The summed E-state index contributed by atoms with van der Waals surface area (Å²) in [4.78, 5) is 4.17. The molecule has 1 unspecified atom stereocenters. The zero-order valence-electron chi connectivity index (χ0n) is 11.0. The molecule has 3 nitrogen and oxygen atoms in total. The Bertz CT molecular complexity index is 550. The molecular weight excluding hydrogens is 224 g/mol. The molecule has 0 spiro atoms. The Labute approximate surface area is 108 Å². The van der Waals surface area contributed by atoms with Crippen LogP contribution in [-0.2, 0) is 5.54 Å². The predicted octanol–water partition coefficient (Wildman–Crippen LogP) is 2.62. The summed E-state index contributed by atoms with van der Waals surface area (Å²) in [5.41, 5.74) is 8.99. The minimum atomic E-state index is -0.620. The van der Waals surface area contributed by atoms with Gasteiger partial charge in [0, 0.05) is 18.0 Å². The van der Waals surface area contributed by atoms with Gasteiger partial charge < -0.3 is 10.5 Å². The molecule has 0 radical (unpaired) electrons. The number of aromatic nitrogens is 1. The summed E-state index contributed by atoms with van der Waals surface area (Å²) in [5.74, 6) is 0.797. The van der Waals surface area contributed by atoms with Crippen molar-refractivity contribution in [2.75, 3.05) is 7.11 Å². The van der Waals surface area contributed by atoms with E-state index in [1.165, 1.54) is 0 Å². The van der Waals surface area contributed by atoms with E-state index in [2.05, 4.69) is 4.98 Å². The van der Waals surface area contributed by atoms with Crippen LogP contribution in [0.4, 0.5) is 0 Å². The summed E-state index contributed by atoms with van der Waals surface area (Å²) in [7, 11) is 1.66. The highest BCUT2D eigenvalue weighted by Gasteiger charge is 2.28. The minimum Gasteiger partial charge on any atom is -0.496 e. The molecule has 3 heteroatoms. The van der Waals surface area contributed by atoms with E-state index in [-0.39, 0.29) is 0 Å². The van der Waals surface area contributed by atoms with Crippen molar-refractivity contribution in [3.63, 3.8) is 0 Å². The lowest BCUT2D eigenvalue weighted by Gasteiger charge is -2.28. The summed E-state index contributed by atoms with van der Waals surface area (Å²) < 4.78 is 5.39. The van der Waals surface area contributed by atoms with Crippen molar-refractivity contribution in [1.29, 1.82) is 0 Å². The second-order valence-corrected chi connectivity index (χ2v) is 4.59. The molecule has 2 rings (SSSR count). The van der Waals surface area contributed by atoms with Crippen LogP contribution >= 0.6 is 0 Å². The van der Waals surface area contributed by atoms with Crippen LogP contribution in [0.3, 0.4) is 0 Å². The van der Waals surface area contributed by atoms with Crippen molar-refractivity contribution < 1.29 is 4.74 Å². The fraction of sp³-hybridized carbons (Fsp3) is 0.267. The lowest BCUT2D eigenvalue weighted by atomic mass is 9.84. The van der Waals surface area contributed by atoms with Crippen LogP contribution in [0.15, 0.2) is 42.7 Å². The number of para-hydroxylation sites is 1. The molecule has 94 valence electrons. The molecule has 18 heavy (non-hydrogen) atoms. The number of rotatable bonds is 3. The van der Waals surface area contributed by atoms with Gasteiger partial charge in [0.05, 0.1) is 12.6 Å². The fourth-order valence-electron chi connectivity index (χ4n) is 2.23. The first-order valence-corrected chi connectivity index (χ1v) is 5.91. The van der Waals surface area contributed by atoms with E-state index in [1.54, 1.807) is 13.3 Å². The van der Waals surface area contributed by atoms with Crippen molar-refractivity contribution in [3.05, 3.63) is 59.4 Å². The van der Waals surface area contributed by atoms with Crippen molar-refractivity contribution in [1.82, 2.24) is 4.98 Å². The number of ether oxygens (including phenoxy) is 1. The lowest BCUT2D eigenvalue weighted by Crippen LogP contribution is -2.35. The third kappa shape index (κ3) is 2.09. The second kappa shape index (κ2) is 4.78. The van der Waals surface area contributed by atoms with Gasteiger partial charge in [0.15, 0.2) is 0 Å². The molecule has 0 aliphatic heterocycles. The van der Waals surface area contributed by atoms with Gasteiger partial charge in [-0.1, -0.05) is 18.2 Å². The SMILES string of the molecule is COc1ccccc1C(C)(N)c1cnccc1C. The summed E-state index contributed by atoms with van der Waals surface area (Å²) in [5, 5.41) is 0. The van der Waals surface area contributed by atoms with Gasteiger partial charge in [0.25, 0.3) is 0 Å². The highest BCUT2D eigenvalue weighted by Crippen LogP contribution is 2.34. The van der Waals surface area contributed by atoms with Crippen LogP contribution in [0.5, 0.6) is 5.75 Å². The third-order valence-electron chi connectivity index (χ3n) is 3.27. The molecule has 1 aromatic heterocycles. The molecule has 1 heterocycles. The van der Waals surface area contributed by atoms with Crippen molar-refractivity contribution in [3.8, 4) is 5.75 Å². The van der Waals surface area contributed by atoms with Gasteiger partial charge in [-0.05, 0) is 37.1 Å². The summed E-state index contributed by atoms with van der Waals surface area (Å²) in [6.45, 7) is 4.02. The normalized spacial score (nSPS) is 14.0. The second-order valence-electron chi connectivity index (χ2n) is 4.59. The lowest BCUT2D eigenvalue weighted by molar-refractivity contribution is 0.398. The molecule has 0 fully saturated rings. The van der Waals surface area contributed by atoms with Gasteiger partial charge >= 0.3 is 0 Å². The van der Waals surface area contributed by atoms with Crippen molar-refractivity contribution in [2.45, 2.75) is 19.4 Å². The molecule has 2 aromatic rings. The molecule has 1 aromatic carbocycles. The van der Waals surface area contributed by atoms with Crippen LogP contribution in [-0.4, -0.2) is 12.1 Å². The molecule has 0 amide bonds. The molecule has 1 atom stereocenters. The quantitative estimate of drug-likeness (QED) is 0.900. The summed E-state index contributed by atoms with van der Waals surface area (Å²) in [6, 6.07) is 9.79. The highest BCUT2D eigenvalue weighted by molar-refractivity contribution is 5.46. The molecule has 0 saturated heterocycles. The van der Waals surface area contributed by atoms with E-state index in [0.717, 1.165) is 22.4 Å². The van der Waals surface area contributed by atoms with Crippen molar-refractivity contribution in [2.24, 2.45) is 5.73 Å². The van der Waals surface area contributed by atoms with Crippen LogP contribution in [0.1, 0.15) is 23.6 Å². The number of benzene rings is 1. The molecule has 2 N–H and O–H groups in total. The largest absolute Gasteiger partial charge is 0.496 e. The number of methoxy groups -OCH3 is 1. The van der Waals surface area contributed by atoms with Gasteiger partial charge in [0.2, 0.25) is 0 Å². The first kappa shape index (κ1) is 12.6. The van der Waals surface area contributed by atoms with Gasteiger partial charge in [-0.3, -0.25) is 4.98 Å². The smallest absolute Gasteiger partial charge is 0.124 e. The van der Waals surface area contributed by atoms with Gasteiger partial charge in [-0.2, -0.15) is 0 Å². The van der Waals surface area contributed by atoms with Gasteiger partial charge in [0.1, 0.15) is 5.75 Å². The Morgan fingerprint density at radius 2 is 1.89 bits per heavy atom. The maximum atomic E-state index is 6.52. The predicted molar refractivity (Wildman–Crippen MR) is 72.6 cm³/mol. The van der Waals surface area contributed by atoms with Crippen LogP contribution in [0.25, 0.3) is 0 Å². The van der Waals surface area contributed by atoms with Gasteiger partial charge in [-0.25, -0.2) is 0 Å². The van der Waals surface area contributed by atoms with Crippen molar-refractivity contribution >= 4 is 0 Å². The van der Waals surface area contributed by atoms with E-state index in [1.807, 2.05) is 50.4 Å². The first-order valence-electron chi connectivity index (χ1n) is 5.91. The number of nitrogens with zero attached hydrogens (tertiary/aromatic N) is 1. The number of hydrogen-bond acceptors (Lipinski definition) is 3. The number of pyridine rings is 1. The Hall–Kier alpha value is -1.87. The Balaban J connectivity index is 2.58. The van der Waals surface area contributed by atoms with E-state index >= 15 is 0 Å².